The fraction of sp³-hybridized carbons (Fsp3) is 0.267. The van der Waals surface area contributed by atoms with Crippen LogP contribution in [0.2, 0.25) is 10.0 Å². The monoisotopic (exact) mass is 380 g/mol. The van der Waals surface area contributed by atoms with Gasteiger partial charge in [0.1, 0.15) is 0 Å². The molecule has 2 heterocycles. The summed E-state index contributed by atoms with van der Waals surface area (Å²) in [4.78, 5) is 11.9. The summed E-state index contributed by atoms with van der Waals surface area (Å²) in [6, 6.07) is 4.80. The van der Waals surface area contributed by atoms with Crippen LogP contribution in [0.25, 0.3) is 11.4 Å². The number of ether oxygens (including phenoxy) is 1. The van der Waals surface area contributed by atoms with Gasteiger partial charge in [-0.25, -0.2) is 5.10 Å². The number of nitrogens with zero attached hydrogens (tertiary/aromatic N) is 4. The molecule has 130 valence electrons. The predicted molar refractivity (Wildman–Crippen MR) is 93.3 cm³/mol. The van der Waals surface area contributed by atoms with Crippen molar-refractivity contribution in [2.75, 3.05) is 0 Å². The van der Waals surface area contributed by atoms with E-state index in [1.54, 1.807) is 18.2 Å². The van der Waals surface area contributed by atoms with E-state index in [9.17, 15) is 4.79 Å². The second-order valence-corrected chi connectivity index (χ2v) is 6.22. The lowest BCUT2D eigenvalue weighted by Gasteiger charge is -2.12. The van der Waals surface area contributed by atoms with Crippen molar-refractivity contribution in [3.63, 3.8) is 0 Å². The number of aromatic amines is 2. The van der Waals surface area contributed by atoms with Gasteiger partial charge in [-0.2, -0.15) is 5.21 Å². The van der Waals surface area contributed by atoms with Gasteiger partial charge in [-0.15, -0.1) is 15.3 Å². The van der Waals surface area contributed by atoms with Gasteiger partial charge in [0.05, 0.1) is 10.0 Å². The molecule has 2 aromatic heterocycles. The minimum atomic E-state index is -0.244. The molecular weight excluding hydrogens is 367 g/mol. The van der Waals surface area contributed by atoms with E-state index < -0.39 is 0 Å². The summed E-state index contributed by atoms with van der Waals surface area (Å²) in [5.74, 6) is 0.855. The molecule has 1 atom stereocenters. The lowest BCUT2D eigenvalue weighted by molar-refractivity contribution is 0.452. The first-order valence-corrected chi connectivity index (χ1v) is 8.25. The molecule has 0 aliphatic carbocycles. The minimum Gasteiger partial charge on any atom is -0.434 e. The summed E-state index contributed by atoms with van der Waals surface area (Å²) in [6.07, 6.45) is 0.813. The average molecular weight is 381 g/mol. The van der Waals surface area contributed by atoms with Crippen molar-refractivity contribution >= 4 is 23.2 Å². The molecule has 0 radical (unpaired) electrons. The highest BCUT2D eigenvalue weighted by Gasteiger charge is 2.16. The van der Waals surface area contributed by atoms with Crippen LogP contribution in [0.3, 0.4) is 0 Å². The molecule has 0 aliphatic rings. The fourth-order valence-electron chi connectivity index (χ4n) is 2.21. The van der Waals surface area contributed by atoms with Gasteiger partial charge in [-0.1, -0.05) is 37.0 Å². The molecule has 0 saturated heterocycles. The zero-order valence-electron chi connectivity index (χ0n) is 13.4. The molecule has 1 aromatic carbocycles. The predicted octanol–water partition coefficient (Wildman–Crippen LogP) is 3.56. The summed E-state index contributed by atoms with van der Waals surface area (Å²) in [6.45, 7) is 3.95. The smallest absolute Gasteiger partial charge is 0.267 e. The number of aromatic nitrogens is 6. The van der Waals surface area contributed by atoms with Crippen LogP contribution < -0.4 is 10.3 Å². The van der Waals surface area contributed by atoms with Gasteiger partial charge < -0.3 is 4.74 Å². The molecule has 25 heavy (non-hydrogen) atoms. The van der Waals surface area contributed by atoms with Crippen molar-refractivity contribution in [3.05, 3.63) is 44.2 Å². The van der Waals surface area contributed by atoms with Gasteiger partial charge in [0, 0.05) is 17.2 Å². The summed E-state index contributed by atoms with van der Waals surface area (Å²) >= 11 is 12.5. The third-order valence-corrected chi connectivity index (χ3v) is 4.32. The Labute approximate surface area is 152 Å². The maximum atomic E-state index is 11.9. The Morgan fingerprint density at radius 1 is 1.20 bits per heavy atom. The number of tetrazole rings is 1. The number of hydrogen-bond donors (Lipinski definition) is 2. The van der Waals surface area contributed by atoms with Gasteiger partial charge >= 0.3 is 0 Å². The molecule has 0 amide bonds. The number of nitrogens with one attached hydrogen (secondary N) is 2. The quantitative estimate of drug-likeness (QED) is 0.699. The lowest BCUT2D eigenvalue weighted by Crippen LogP contribution is -2.16. The van der Waals surface area contributed by atoms with Crippen LogP contribution in [0.5, 0.6) is 11.6 Å². The van der Waals surface area contributed by atoms with Crippen LogP contribution in [-0.2, 0) is 0 Å². The Kier molecular flexibility index (Phi) is 5.00. The van der Waals surface area contributed by atoms with Crippen LogP contribution in [0.15, 0.2) is 23.0 Å². The molecule has 0 spiro atoms. The largest absolute Gasteiger partial charge is 0.434 e. The number of halogens is 2. The molecule has 8 nitrogen and oxygen atoms in total. The van der Waals surface area contributed by atoms with Crippen LogP contribution >= 0.6 is 23.2 Å². The zero-order valence-corrected chi connectivity index (χ0v) is 14.9. The third-order valence-electron chi connectivity index (χ3n) is 3.76. The van der Waals surface area contributed by atoms with Crippen LogP contribution in [0, 0.1) is 0 Å². The summed E-state index contributed by atoms with van der Waals surface area (Å²) in [7, 11) is 0. The lowest BCUT2D eigenvalue weighted by atomic mass is 10.0. The molecule has 0 bridgehead atoms. The van der Waals surface area contributed by atoms with Crippen LogP contribution in [0.4, 0.5) is 0 Å². The topological polar surface area (TPSA) is 109 Å². The Hall–Kier alpha value is -2.45. The van der Waals surface area contributed by atoms with Gasteiger partial charge in [-0.05, 0) is 29.7 Å². The summed E-state index contributed by atoms with van der Waals surface area (Å²) in [5, 5.41) is 20.4. The SMILES string of the molecule is CCC(C)c1cc(Oc2c(Cl)cc(-c3nn[nH]n3)cc2Cl)n[nH]c1=O. The maximum Gasteiger partial charge on any atom is 0.267 e. The van der Waals surface area contributed by atoms with E-state index >= 15 is 0 Å². The van der Waals surface area contributed by atoms with E-state index in [0.717, 1.165) is 6.42 Å². The molecular formula is C15H14Cl2N6O2. The highest BCUT2D eigenvalue weighted by Crippen LogP contribution is 2.38. The number of benzene rings is 1. The normalized spacial score (nSPS) is 12.2. The second kappa shape index (κ2) is 7.20. The molecule has 1 unspecified atom stereocenters. The number of H-pyrrole nitrogens is 2. The Morgan fingerprint density at radius 2 is 1.92 bits per heavy atom. The zero-order chi connectivity index (χ0) is 18.0. The first-order chi connectivity index (χ1) is 12.0. The maximum absolute atomic E-state index is 11.9. The van der Waals surface area contributed by atoms with Crippen molar-refractivity contribution in [3.8, 4) is 23.0 Å². The first kappa shape index (κ1) is 17.4. The highest BCUT2D eigenvalue weighted by atomic mass is 35.5. The van der Waals surface area contributed by atoms with Gasteiger partial charge in [0.25, 0.3) is 5.56 Å². The fourth-order valence-corrected chi connectivity index (χ4v) is 2.78. The molecule has 3 aromatic rings. The van der Waals surface area contributed by atoms with E-state index in [1.165, 1.54) is 0 Å². The summed E-state index contributed by atoms with van der Waals surface area (Å²) in [5.41, 5.74) is 0.931. The Morgan fingerprint density at radius 3 is 2.52 bits per heavy atom. The van der Waals surface area contributed by atoms with Crippen LogP contribution in [-0.4, -0.2) is 30.8 Å². The minimum absolute atomic E-state index is 0.0701. The molecule has 10 heteroatoms. The van der Waals surface area contributed by atoms with Crippen LogP contribution in [0.1, 0.15) is 31.7 Å². The van der Waals surface area contributed by atoms with Crippen molar-refractivity contribution in [1.29, 1.82) is 0 Å². The highest BCUT2D eigenvalue weighted by molar-refractivity contribution is 6.37. The third kappa shape index (κ3) is 3.64. The van der Waals surface area contributed by atoms with Gasteiger partial charge in [0.15, 0.2) is 5.75 Å². The van der Waals surface area contributed by atoms with Crippen molar-refractivity contribution in [1.82, 2.24) is 30.8 Å². The van der Waals surface area contributed by atoms with E-state index in [-0.39, 0.29) is 33.2 Å². The second-order valence-electron chi connectivity index (χ2n) is 5.41. The van der Waals surface area contributed by atoms with Gasteiger partial charge in [0.2, 0.25) is 11.7 Å². The average Bonchev–Trinajstić information content (AvgIpc) is 3.13. The molecule has 0 aliphatic heterocycles. The molecule has 0 saturated carbocycles. The number of hydrogen-bond acceptors (Lipinski definition) is 6. The number of rotatable bonds is 5. The molecule has 0 fully saturated rings. The van der Waals surface area contributed by atoms with Crippen molar-refractivity contribution < 1.29 is 4.74 Å². The first-order valence-electron chi connectivity index (χ1n) is 7.50. The van der Waals surface area contributed by atoms with E-state index in [2.05, 4.69) is 30.8 Å². The summed E-state index contributed by atoms with van der Waals surface area (Å²) < 4.78 is 5.69. The Balaban J connectivity index is 1.95. The van der Waals surface area contributed by atoms with E-state index in [1.807, 2.05) is 13.8 Å². The Bertz CT molecular complexity index is 918. The van der Waals surface area contributed by atoms with Gasteiger partial charge in [-0.3, -0.25) is 4.79 Å². The molecule has 3 rings (SSSR count). The van der Waals surface area contributed by atoms with E-state index in [4.69, 9.17) is 27.9 Å². The van der Waals surface area contributed by atoms with Crippen molar-refractivity contribution in [2.24, 2.45) is 0 Å². The van der Waals surface area contributed by atoms with E-state index in [0.29, 0.717) is 17.0 Å². The standard InChI is InChI=1S/C15H14Cl2N6O2/c1-3-7(2)9-6-12(18-21-15(9)24)25-13-10(16)4-8(5-11(13)17)14-19-22-23-20-14/h4-7H,3H2,1-2H3,(H,21,24)(H,19,20,22,23). The van der Waals surface area contributed by atoms with Crippen molar-refractivity contribution in [2.45, 2.75) is 26.2 Å². The molecule has 2 N–H and O–H groups in total.